The van der Waals surface area contributed by atoms with Gasteiger partial charge in [0.1, 0.15) is 5.82 Å². The summed E-state index contributed by atoms with van der Waals surface area (Å²) in [7, 11) is 0. The number of hydrogen-bond acceptors (Lipinski definition) is 2. The Morgan fingerprint density at radius 2 is 1.81 bits per heavy atom. The van der Waals surface area contributed by atoms with Gasteiger partial charge in [0.2, 0.25) is 0 Å². The van der Waals surface area contributed by atoms with Crippen molar-refractivity contribution in [1.82, 2.24) is 20.2 Å². The van der Waals surface area contributed by atoms with Crippen LogP contribution in [0.1, 0.15) is 48.2 Å². The van der Waals surface area contributed by atoms with Crippen LogP contribution in [-0.2, 0) is 6.42 Å². The third-order valence-electron chi connectivity index (χ3n) is 6.01. The number of imidazole rings is 1. The van der Waals surface area contributed by atoms with Gasteiger partial charge < -0.3 is 15.2 Å². The van der Waals surface area contributed by atoms with E-state index in [0.29, 0.717) is 5.92 Å². The Balaban J connectivity index is 1.21. The molecule has 1 aliphatic carbocycles. The van der Waals surface area contributed by atoms with Crippen molar-refractivity contribution in [3.8, 4) is 0 Å². The van der Waals surface area contributed by atoms with E-state index in [0.717, 1.165) is 55.6 Å². The van der Waals surface area contributed by atoms with Crippen molar-refractivity contribution in [2.45, 2.75) is 37.6 Å². The number of carbonyl (C=O) groups excluding carboxylic acids is 1. The standard InChI is InChI=1S/C22H24N4O/c27-22(25-18-10-9-15-5-1-2-6-17(15)18)26-13-11-16(12-14-26)21-23-19-7-3-4-8-20(19)24-21/h1-8,16,18H,9-14H2,(H,23,24)(H,25,27)/t18-/m0/s1. The maximum Gasteiger partial charge on any atom is 0.317 e. The van der Waals surface area contributed by atoms with Crippen molar-refractivity contribution in [2.24, 2.45) is 0 Å². The second-order valence-electron chi connectivity index (χ2n) is 7.64. The van der Waals surface area contributed by atoms with Crippen LogP contribution in [-0.4, -0.2) is 34.0 Å². The number of aromatic amines is 1. The summed E-state index contributed by atoms with van der Waals surface area (Å²) in [6.07, 6.45) is 3.96. The van der Waals surface area contributed by atoms with Crippen LogP contribution in [0.5, 0.6) is 0 Å². The molecule has 2 N–H and O–H groups in total. The number of likely N-dealkylation sites (tertiary alicyclic amines) is 1. The molecule has 1 aliphatic heterocycles. The third-order valence-corrected chi connectivity index (χ3v) is 6.01. The lowest BCUT2D eigenvalue weighted by atomic mass is 9.96. The smallest absolute Gasteiger partial charge is 0.317 e. The summed E-state index contributed by atoms with van der Waals surface area (Å²) in [4.78, 5) is 22.9. The van der Waals surface area contributed by atoms with Crippen molar-refractivity contribution in [1.29, 1.82) is 0 Å². The number of piperidine rings is 1. The molecule has 1 aromatic heterocycles. The number of carbonyl (C=O) groups is 1. The first-order valence-electron chi connectivity index (χ1n) is 9.86. The summed E-state index contributed by atoms with van der Waals surface area (Å²) in [5.74, 6) is 1.45. The maximum absolute atomic E-state index is 12.7. The molecule has 0 saturated carbocycles. The number of aromatic nitrogens is 2. The molecule has 5 nitrogen and oxygen atoms in total. The Kier molecular flexibility index (Phi) is 4.07. The Hall–Kier alpha value is -2.82. The maximum atomic E-state index is 12.7. The van der Waals surface area contributed by atoms with Gasteiger partial charge in [0, 0.05) is 19.0 Å². The predicted octanol–water partition coefficient (Wildman–Crippen LogP) is 4.14. The van der Waals surface area contributed by atoms with E-state index in [1.165, 1.54) is 11.1 Å². The first kappa shape index (κ1) is 16.4. The molecule has 5 rings (SSSR count). The van der Waals surface area contributed by atoms with Crippen LogP contribution < -0.4 is 5.32 Å². The average Bonchev–Trinajstić information content (AvgIpc) is 3.32. The van der Waals surface area contributed by atoms with Gasteiger partial charge in [-0.2, -0.15) is 0 Å². The molecule has 0 radical (unpaired) electrons. The van der Waals surface area contributed by atoms with Gasteiger partial charge in [-0.1, -0.05) is 36.4 Å². The number of amides is 2. The molecule has 1 fully saturated rings. The summed E-state index contributed by atoms with van der Waals surface area (Å²) in [5.41, 5.74) is 4.76. The van der Waals surface area contributed by atoms with Gasteiger partial charge in [0.05, 0.1) is 17.1 Å². The highest BCUT2D eigenvalue weighted by Crippen LogP contribution is 2.32. The van der Waals surface area contributed by atoms with E-state index < -0.39 is 0 Å². The highest BCUT2D eigenvalue weighted by Gasteiger charge is 2.29. The molecule has 27 heavy (non-hydrogen) atoms. The zero-order chi connectivity index (χ0) is 18.2. The van der Waals surface area contributed by atoms with E-state index >= 15 is 0 Å². The lowest BCUT2D eigenvalue weighted by Gasteiger charge is -2.32. The van der Waals surface area contributed by atoms with E-state index in [-0.39, 0.29) is 12.1 Å². The number of hydrogen-bond donors (Lipinski definition) is 2. The first-order chi connectivity index (χ1) is 13.3. The fourth-order valence-corrected chi connectivity index (χ4v) is 4.47. The lowest BCUT2D eigenvalue weighted by Crippen LogP contribution is -2.45. The fourth-order valence-electron chi connectivity index (χ4n) is 4.47. The van der Waals surface area contributed by atoms with Crippen molar-refractivity contribution in [3.05, 3.63) is 65.5 Å². The molecule has 0 bridgehead atoms. The molecule has 1 saturated heterocycles. The predicted molar refractivity (Wildman–Crippen MR) is 106 cm³/mol. The number of H-pyrrole nitrogens is 1. The van der Waals surface area contributed by atoms with E-state index in [1.54, 1.807) is 0 Å². The van der Waals surface area contributed by atoms with Crippen LogP contribution in [0.15, 0.2) is 48.5 Å². The Morgan fingerprint density at radius 1 is 1.04 bits per heavy atom. The molecule has 1 atom stereocenters. The number of aryl methyl sites for hydroxylation is 1. The topological polar surface area (TPSA) is 61.0 Å². The van der Waals surface area contributed by atoms with Crippen LogP contribution in [0.25, 0.3) is 11.0 Å². The van der Waals surface area contributed by atoms with Gasteiger partial charge in [0.25, 0.3) is 0 Å². The molecule has 5 heteroatoms. The second-order valence-corrected chi connectivity index (χ2v) is 7.64. The Bertz CT molecular complexity index is 938. The number of nitrogens with zero attached hydrogens (tertiary/aromatic N) is 2. The molecule has 0 unspecified atom stereocenters. The molecule has 2 amide bonds. The highest BCUT2D eigenvalue weighted by molar-refractivity contribution is 5.76. The fraction of sp³-hybridized carbons (Fsp3) is 0.364. The first-order valence-corrected chi connectivity index (χ1v) is 9.86. The molecule has 138 valence electrons. The monoisotopic (exact) mass is 360 g/mol. The van der Waals surface area contributed by atoms with Crippen molar-refractivity contribution < 1.29 is 4.79 Å². The molecule has 0 spiro atoms. The minimum Gasteiger partial charge on any atom is -0.342 e. The summed E-state index contributed by atoms with van der Waals surface area (Å²) < 4.78 is 0. The number of para-hydroxylation sites is 2. The number of benzene rings is 2. The van der Waals surface area contributed by atoms with Crippen LogP contribution in [0, 0.1) is 0 Å². The number of nitrogens with one attached hydrogen (secondary N) is 2. The van der Waals surface area contributed by atoms with Gasteiger partial charge in [0.15, 0.2) is 0 Å². The largest absolute Gasteiger partial charge is 0.342 e. The van der Waals surface area contributed by atoms with Gasteiger partial charge in [-0.3, -0.25) is 0 Å². The minimum atomic E-state index is 0.0692. The molecular formula is C22H24N4O. The van der Waals surface area contributed by atoms with Crippen molar-refractivity contribution in [3.63, 3.8) is 0 Å². The second kappa shape index (κ2) is 6.72. The molecular weight excluding hydrogens is 336 g/mol. The van der Waals surface area contributed by atoms with Crippen LogP contribution in [0.3, 0.4) is 0 Å². The molecule has 2 aromatic carbocycles. The normalized spacial score (nSPS) is 20.0. The number of rotatable bonds is 2. The zero-order valence-corrected chi connectivity index (χ0v) is 15.3. The van der Waals surface area contributed by atoms with E-state index in [1.807, 2.05) is 23.1 Å². The van der Waals surface area contributed by atoms with Gasteiger partial charge in [-0.15, -0.1) is 0 Å². The van der Waals surface area contributed by atoms with Crippen LogP contribution in [0.4, 0.5) is 4.79 Å². The molecule has 3 aromatic rings. The Labute approximate surface area is 158 Å². The van der Waals surface area contributed by atoms with Crippen LogP contribution in [0.2, 0.25) is 0 Å². The third kappa shape index (κ3) is 3.07. The zero-order valence-electron chi connectivity index (χ0n) is 15.3. The number of urea groups is 1. The lowest BCUT2D eigenvalue weighted by molar-refractivity contribution is 0.176. The van der Waals surface area contributed by atoms with Crippen LogP contribution >= 0.6 is 0 Å². The van der Waals surface area contributed by atoms with E-state index in [4.69, 9.17) is 4.98 Å². The summed E-state index contributed by atoms with van der Waals surface area (Å²) in [6.45, 7) is 1.56. The van der Waals surface area contributed by atoms with E-state index in [2.05, 4.69) is 40.6 Å². The van der Waals surface area contributed by atoms with Gasteiger partial charge >= 0.3 is 6.03 Å². The SMILES string of the molecule is O=C(N[C@H]1CCc2ccccc21)N1CCC(c2nc3ccccc3[nH]2)CC1. The number of fused-ring (bicyclic) bond motifs is 2. The summed E-state index contributed by atoms with van der Waals surface area (Å²) >= 11 is 0. The van der Waals surface area contributed by atoms with Gasteiger partial charge in [-0.25, -0.2) is 9.78 Å². The van der Waals surface area contributed by atoms with E-state index in [9.17, 15) is 4.79 Å². The average molecular weight is 360 g/mol. The van der Waals surface area contributed by atoms with Crippen molar-refractivity contribution >= 4 is 17.1 Å². The molecule has 2 heterocycles. The summed E-state index contributed by atoms with van der Waals surface area (Å²) in [6, 6.07) is 16.8. The molecule has 2 aliphatic rings. The quantitative estimate of drug-likeness (QED) is 0.721. The Morgan fingerprint density at radius 3 is 2.67 bits per heavy atom. The summed E-state index contributed by atoms with van der Waals surface area (Å²) in [5, 5.41) is 3.24. The van der Waals surface area contributed by atoms with Crippen molar-refractivity contribution in [2.75, 3.05) is 13.1 Å². The minimum absolute atomic E-state index is 0.0692. The van der Waals surface area contributed by atoms with Gasteiger partial charge in [-0.05, 0) is 48.9 Å². The highest BCUT2D eigenvalue weighted by atomic mass is 16.2.